The monoisotopic (exact) mass is 249 g/mol. The molecule has 1 aromatic rings. The summed E-state index contributed by atoms with van der Waals surface area (Å²) in [5.41, 5.74) is 4.14. The summed E-state index contributed by atoms with van der Waals surface area (Å²) in [7, 11) is 1.68. The van der Waals surface area contributed by atoms with Crippen LogP contribution in [0.2, 0.25) is 0 Å². The Kier molecular flexibility index (Phi) is 4.19. The molecule has 0 saturated heterocycles. The minimum Gasteiger partial charge on any atom is -0.495 e. The molecule has 0 bridgehead atoms. The number of rotatable bonds is 5. The van der Waals surface area contributed by atoms with Crippen LogP contribution in [0.5, 0.6) is 5.75 Å². The molecule has 100 valence electrons. The third-order valence-corrected chi connectivity index (χ3v) is 4.38. The molecule has 3 N–H and O–H groups in total. The number of hydrogen-bond acceptors (Lipinski definition) is 4. The van der Waals surface area contributed by atoms with Crippen molar-refractivity contribution in [1.82, 2.24) is 10.4 Å². The number of ether oxygens (including phenoxy) is 1. The second-order valence-electron chi connectivity index (χ2n) is 5.11. The summed E-state index contributed by atoms with van der Waals surface area (Å²) >= 11 is 0. The van der Waals surface area contributed by atoms with Gasteiger partial charge in [-0.1, -0.05) is 19.8 Å². The summed E-state index contributed by atoms with van der Waals surface area (Å²) in [5, 5.41) is 0. The van der Waals surface area contributed by atoms with Crippen molar-refractivity contribution < 1.29 is 4.74 Å². The molecule has 4 nitrogen and oxygen atoms in total. The zero-order chi connectivity index (χ0) is 13.0. The van der Waals surface area contributed by atoms with Crippen LogP contribution in [0.3, 0.4) is 0 Å². The third-order valence-electron chi connectivity index (χ3n) is 4.38. The minimum atomic E-state index is 0.0705. The van der Waals surface area contributed by atoms with Crippen LogP contribution in [0.4, 0.5) is 0 Å². The van der Waals surface area contributed by atoms with Gasteiger partial charge in [-0.25, -0.2) is 0 Å². The summed E-state index contributed by atoms with van der Waals surface area (Å²) in [6.07, 6.45) is 7.89. The number of nitrogens with two attached hydrogens (primary N) is 1. The number of nitrogens with zero attached hydrogens (tertiary/aromatic N) is 1. The van der Waals surface area contributed by atoms with Crippen molar-refractivity contribution >= 4 is 0 Å². The highest BCUT2D eigenvalue weighted by atomic mass is 16.5. The second kappa shape index (κ2) is 5.67. The number of aromatic nitrogens is 1. The van der Waals surface area contributed by atoms with E-state index < -0.39 is 0 Å². The zero-order valence-electron chi connectivity index (χ0n) is 11.3. The molecule has 1 atom stereocenters. The summed E-state index contributed by atoms with van der Waals surface area (Å²) in [6, 6.07) is 3.91. The molecule has 18 heavy (non-hydrogen) atoms. The molecule has 1 unspecified atom stereocenters. The Morgan fingerprint density at radius 3 is 2.78 bits per heavy atom. The molecule has 1 aromatic heterocycles. The van der Waals surface area contributed by atoms with Crippen LogP contribution in [0.15, 0.2) is 18.3 Å². The molecule has 1 heterocycles. The van der Waals surface area contributed by atoms with Gasteiger partial charge in [0.2, 0.25) is 0 Å². The van der Waals surface area contributed by atoms with Crippen molar-refractivity contribution in [2.45, 2.75) is 45.1 Å². The van der Waals surface area contributed by atoms with E-state index in [9.17, 15) is 0 Å². The standard InChI is InChI=1S/C14H23N3O/c1-3-14(8-4-5-9-14)13(17-15)12-11(18-2)7-6-10-16-12/h6-7,10,13,17H,3-5,8-9,15H2,1-2H3. The number of nitrogens with one attached hydrogen (secondary N) is 1. The zero-order valence-corrected chi connectivity index (χ0v) is 11.3. The number of hydrogen-bond donors (Lipinski definition) is 2. The fourth-order valence-electron chi connectivity index (χ4n) is 3.26. The van der Waals surface area contributed by atoms with Crippen LogP contribution in [0, 0.1) is 5.41 Å². The Hall–Kier alpha value is -1.13. The first-order valence-corrected chi connectivity index (χ1v) is 6.72. The first kappa shape index (κ1) is 13.3. The lowest BCUT2D eigenvalue weighted by molar-refractivity contribution is 0.180. The van der Waals surface area contributed by atoms with Crippen LogP contribution in [-0.4, -0.2) is 12.1 Å². The smallest absolute Gasteiger partial charge is 0.142 e. The minimum absolute atomic E-state index is 0.0705. The van der Waals surface area contributed by atoms with E-state index in [0.717, 1.165) is 17.9 Å². The van der Waals surface area contributed by atoms with Gasteiger partial charge >= 0.3 is 0 Å². The Labute approximate surface area is 109 Å². The van der Waals surface area contributed by atoms with Gasteiger partial charge in [0, 0.05) is 6.20 Å². The molecule has 1 aliphatic carbocycles. The Morgan fingerprint density at radius 1 is 1.50 bits per heavy atom. The molecule has 0 radical (unpaired) electrons. The van der Waals surface area contributed by atoms with Gasteiger partial charge in [0.15, 0.2) is 0 Å². The molecule has 0 aliphatic heterocycles. The van der Waals surface area contributed by atoms with E-state index in [2.05, 4.69) is 17.3 Å². The fraction of sp³-hybridized carbons (Fsp3) is 0.643. The van der Waals surface area contributed by atoms with E-state index in [-0.39, 0.29) is 11.5 Å². The Balaban J connectivity index is 2.38. The van der Waals surface area contributed by atoms with Gasteiger partial charge in [-0.15, -0.1) is 0 Å². The summed E-state index contributed by atoms with van der Waals surface area (Å²) in [5.74, 6) is 6.64. The van der Waals surface area contributed by atoms with Crippen LogP contribution >= 0.6 is 0 Å². The largest absolute Gasteiger partial charge is 0.495 e. The van der Waals surface area contributed by atoms with Gasteiger partial charge in [-0.2, -0.15) is 0 Å². The van der Waals surface area contributed by atoms with Gasteiger partial charge in [-0.3, -0.25) is 16.3 Å². The van der Waals surface area contributed by atoms with Crippen molar-refractivity contribution in [1.29, 1.82) is 0 Å². The van der Waals surface area contributed by atoms with Crippen LogP contribution in [-0.2, 0) is 0 Å². The first-order valence-electron chi connectivity index (χ1n) is 6.72. The van der Waals surface area contributed by atoms with E-state index in [1.807, 2.05) is 12.1 Å². The Morgan fingerprint density at radius 2 is 2.22 bits per heavy atom. The highest BCUT2D eigenvalue weighted by molar-refractivity contribution is 5.31. The van der Waals surface area contributed by atoms with Gasteiger partial charge in [0.1, 0.15) is 11.4 Å². The van der Waals surface area contributed by atoms with E-state index in [0.29, 0.717) is 0 Å². The number of methoxy groups -OCH3 is 1. The molecule has 4 heteroatoms. The van der Waals surface area contributed by atoms with Crippen molar-refractivity contribution in [2.24, 2.45) is 11.3 Å². The molecule has 1 saturated carbocycles. The molecule has 0 aromatic carbocycles. The molecule has 1 aliphatic rings. The van der Waals surface area contributed by atoms with E-state index in [1.165, 1.54) is 25.7 Å². The van der Waals surface area contributed by atoms with Crippen molar-refractivity contribution in [3.63, 3.8) is 0 Å². The third kappa shape index (κ3) is 2.22. The van der Waals surface area contributed by atoms with Gasteiger partial charge in [-0.05, 0) is 36.8 Å². The summed E-state index contributed by atoms with van der Waals surface area (Å²) < 4.78 is 5.42. The molecular weight excluding hydrogens is 226 g/mol. The number of pyridine rings is 1. The molecular formula is C14H23N3O. The lowest BCUT2D eigenvalue weighted by atomic mass is 9.75. The van der Waals surface area contributed by atoms with Crippen LogP contribution in [0.1, 0.15) is 50.8 Å². The Bertz CT molecular complexity index is 388. The highest BCUT2D eigenvalue weighted by Crippen LogP contribution is 2.50. The van der Waals surface area contributed by atoms with Crippen molar-refractivity contribution in [3.05, 3.63) is 24.0 Å². The maximum absolute atomic E-state index is 5.82. The summed E-state index contributed by atoms with van der Waals surface area (Å²) in [6.45, 7) is 2.24. The normalized spacial score (nSPS) is 19.7. The molecule has 1 fully saturated rings. The van der Waals surface area contributed by atoms with Crippen molar-refractivity contribution in [3.8, 4) is 5.75 Å². The van der Waals surface area contributed by atoms with E-state index >= 15 is 0 Å². The fourth-order valence-corrected chi connectivity index (χ4v) is 3.26. The van der Waals surface area contributed by atoms with Gasteiger partial charge < -0.3 is 4.74 Å². The molecule has 0 spiro atoms. The van der Waals surface area contributed by atoms with Gasteiger partial charge in [0.05, 0.1) is 13.2 Å². The summed E-state index contributed by atoms with van der Waals surface area (Å²) in [4.78, 5) is 4.49. The van der Waals surface area contributed by atoms with E-state index in [1.54, 1.807) is 13.3 Å². The lowest BCUT2D eigenvalue weighted by Crippen LogP contribution is -2.40. The van der Waals surface area contributed by atoms with Crippen molar-refractivity contribution in [2.75, 3.05) is 7.11 Å². The quantitative estimate of drug-likeness (QED) is 0.622. The molecule has 0 amide bonds. The second-order valence-corrected chi connectivity index (χ2v) is 5.11. The van der Waals surface area contributed by atoms with Crippen LogP contribution in [0.25, 0.3) is 0 Å². The predicted molar refractivity (Wildman–Crippen MR) is 72.0 cm³/mol. The van der Waals surface area contributed by atoms with Gasteiger partial charge in [0.25, 0.3) is 0 Å². The number of hydrazine groups is 1. The topological polar surface area (TPSA) is 60.2 Å². The highest BCUT2D eigenvalue weighted by Gasteiger charge is 2.41. The van der Waals surface area contributed by atoms with E-state index in [4.69, 9.17) is 10.6 Å². The van der Waals surface area contributed by atoms with Crippen LogP contribution < -0.4 is 16.0 Å². The maximum atomic E-state index is 5.82. The average Bonchev–Trinajstić information content (AvgIpc) is 2.90. The maximum Gasteiger partial charge on any atom is 0.142 e. The average molecular weight is 249 g/mol. The lowest BCUT2D eigenvalue weighted by Gasteiger charge is -2.36. The molecule has 2 rings (SSSR count). The SMILES string of the molecule is CCC1(C(NN)c2ncccc2OC)CCCC1. The first-order chi connectivity index (χ1) is 8.77. The predicted octanol–water partition coefficient (Wildman–Crippen LogP) is 2.57.